The van der Waals surface area contributed by atoms with Crippen LogP contribution < -0.4 is 11.1 Å². The first-order valence-corrected chi connectivity index (χ1v) is 6.52. The van der Waals surface area contributed by atoms with Crippen LogP contribution in [0.2, 0.25) is 0 Å². The van der Waals surface area contributed by atoms with Crippen LogP contribution in [0.15, 0.2) is 42.5 Å². The predicted molar refractivity (Wildman–Crippen MR) is 75.9 cm³/mol. The number of carbonyl (C=O) groups is 1. The van der Waals surface area contributed by atoms with Crippen molar-refractivity contribution in [1.82, 2.24) is 0 Å². The van der Waals surface area contributed by atoms with Gasteiger partial charge in [0, 0.05) is 0 Å². The number of carbonyl (C=O) groups excluding carboxylic acids is 1. The second-order valence-electron chi connectivity index (χ2n) is 5.07. The first-order chi connectivity index (χ1) is 9.58. The Kier molecular flexibility index (Phi) is 3.03. The lowest BCUT2D eigenvalue weighted by atomic mass is 9.94. The Morgan fingerprint density at radius 1 is 1.20 bits per heavy atom. The van der Waals surface area contributed by atoms with Crippen LogP contribution in [-0.4, -0.2) is 5.91 Å². The van der Waals surface area contributed by atoms with E-state index in [2.05, 4.69) is 5.32 Å². The van der Waals surface area contributed by atoms with Crippen molar-refractivity contribution in [3.8, 4) is 0 Å². The van der Waals surface area contributed by atoms with Crippen LogP contribution in [0, 0.1) is 5.82 Å². The average molecular weight is 270 g/mol. The molecule has 0 aromatic heterocycles. The standard InChI is InChI=1S/C16H15FN2O/c1-9-12-7-11(8-13(17)15(12)19-16(9)20)14(18)10-5-3-2-4-6-10/h2-9,14H,18H2,1H3,(H,19,20). The van der Waals surface area contributed by atoms with Gasteiger partial charge in [-0.15, -0.1) is 0 Å². The van der Waals surface area contributed by atoms with Gasteiger partial charge in [-0.1, -0.05) is 36.4 Å². The molecule has 1 aliphatic rings. The lowest BCUT2D eigenvalue weighted by molar-refractivity contribution is -0.116. The molecule has 1 amide bonds. The largest absolute Gasteiger partial charge is 0.323 e. The minimum absolute atomic E-state index is 0.177. The van der Waals surface area contributed by atoms with Crippen molar-refractivity contribution in [3.05, 3.63) is 65.0 Å². The minimum atomic E-state index is -0.429. The molecule has 1 heterocycles. The molecule has 4 heteroatoms. The van der Waals surface area contributed by atoms with Gasteiger partial charge < -0.3 is 11.1 Å². The van der Waals surface area contributed by atoms with E-state index in [1.807, 2.05) is 36.4 Å². The third-order valence-corrected chi connectivity index (χ3v) is 3.77. The highest BCUT2D eigenvalue weighted by molar-refractivity contribution is 6.02. The SMILES string of the molecule is CC1C(=O)Nc2c(F)cc(C(N)c3ccccc3)cc21. The normalized spacial score (nSPS) is 18.6. The van der Waals surface area contributed by atoms with Crippen molar-refractivity contribution in [3.63, 3.8) is 0 Å². The van der Waals surface area contributed by atoms with Crippen molar-refractivity contribution in [2.75, 3.05) is 5.32 Å². The van der Waals surface area contributed by atoms with E-state index in [0.29, 0.717) is 11.1 Å². The van der Waals surface area contributed by atoms with Gasteiger partial charge in [-0.05, 0) is 29.7 Å². The maximum absolute atomic E-state index is 14.1. The molecule has 102 valence electrons. The first kappa shape index (κ1) is 12.8. The summed E-state index contributed by atoms with van der Waals surface area (Å²) in [6.07, 6.45) is 0. The number of hydrogen-bond donors (Lipinski definition) is 2. The fourth-order valence-electron chi connectivity index (χ4n) is 2.53. The summed E-state index contributed by atoms with van der Waals surface area (Å²) in [4.78, 5) is 11.6. The molecular weight excluding hydrogens is 255 g/mol. The van der Waals surface area contributed by atoms with Gasteiger partial charge in [0.2, 0.25) is 5.91 Å². The number of hydrogen-bond acceptors (Lipinski definition) is 2. The lowest BCUT2D eigenvalue weighted by Gasteiger charge is -2.15. The first-order valence-electron chi connectivity index (χ1n) is 6.52. The van der Waals surface area contributed by atoms with Crippen LogP contribution in [0.25, 0.3) is 0 Å². The molecule has 2 aromatic carbocycles. The van der Waals surface area contributed by atoms with E-state index in [1.54, 1.807) is 6.92 Å². The third kappa shape index (κ3) is 1.98. The molecule has 0 aliphatic carbocycles. The van der Waals surface area contributed by atoms with Crippen LogP contribution in [0.5, 0.6) is 0 Å². The molecule has 0 bridgehead atoms. The van der Waals surface area contributed by atoms with E-state index >= 15 is 0 Å². The molecule has 0 fully saturated rings. The van der Waals surface area contributed by atoms with E-state index < -0.39 is 11.9 Å². The summed E-state index contributed by atoms with van der Waals surface area (Å²) in [5.74, 6) is -0.951. The quantitative estimate of drug-likeness (QED) is 0.881. The van der Waals surface area contributed by atoms with Crippen LogP contribution in [0.4, 0.5) is 10.1 Å². The Labute approximate surface area is 116 Å². The molecule has 20 heavy (non-hydrogen) atoms. The van der Waals surface area contributed by atoms with Crippen LogP contribution in [-0.2, 0) is 4.79 Å². The molecule has 0 radical (unpaired) electrons. The van der Waals surface area contributed by atoms with Gasteiger partial charge in [-0.2, -0.15) is 0 Å². The minimum Gasteiger partial charge on any atom is -0.323 e. The van der Waals surface area contributed by atoms with Crippen molar-refractivity contribution in [1.29, 1.82) is 0 Å². The molecule has 0 spiro atoms. The Bertz CT molecular complexity index is 670. The number of anilines is 1. The van der Waals surface area contributed by atoms with E-state index in [1.165, 1.54) is 6.07 Å². The molecule has 0 saturated heterocycles. The zero-order valence-corrected chi connectivity index (χ0v) is 11.1. The predicted octanol–water partition coefficient (Wildman–Crippen LogP) is 2.93. The van der Waals surface area contributed by atoms with Gasteiger partial charge in [0.05, 0.1) is 17.6 Å². The van der Waals surface area contributed by atoms with Crippen molar-refractivity contribution in [2.45, 2.75) is 18.9 Å². The molecule has 0 saturated carbocycles. The van der Waals surface area contributed by atoms with E-state index in [-0.39, 0.29) is 17.5 Å². The Balaban J connectivity index is 2.05. The van der Waals surface area contributed by atoms with E-state index in [9.17, 15) is 9.18 Å². The summed E-state index contributed by atoms with van der Waals surface area (Å²) in [7, 11) is 0. The highest BCUT2D eigenvalue weighted by Gasteiger charge is 2.30. The maximum Gasteiger partial charge on any atom is 0.231 e. The maximum atomic E-state index is 14.1. The van der Waals surface area contributed by atoms with Crippen molar-refractivity contribution < 1.29 is 9.18 Å². The number of nitrogens with one attached hydrogen (secondary N) is 1. The Morgan fingerprint density at radius 3 is 2.60 bits per heavy atom. The molecular formula is C16H15FN2O. The van der Waals surface area contributed by atoms with Gasteiger partial charge in [-0.25, -0.2) is 4.39 Å². The Morgan fingerprint density at radius 2 is 1.90 bits per heavy atom. The fraction of sp³-hybridized carbons (Fsp3) is 0.188. The molecule has 2 atom stereocenters. The van der Waals surface area contributed by atoms with Gasteiger partial charge in [0.25, 0.3) is 0 Å². The zero-order chi connectivity index (χ0) is 14.3. The second-order valence-corrected chi connectivity index (χ2v) is 5.07. The third-order valence-electron chi connectivity index (χ3n) is 3.77. The van der Waals surface area contributed by atoms with Gasteiger partial charge in [-0.3, -0.25) is 4.79 Å². The van der Waals surface area contributed by atoms with Crippen LogP contribution >= 0.6 is 0 Å². The van der Waals surface area contributed by atoms with E-state index in [4.69, 9.17) is 5.73 Å². The van der Waals surface area contributed by atoms with E-state index in [0.717, 1.165) is 5.56 Å². The topological polar surface area (TPSA) is 55.1 Å². The molecule has 3 rings (SSSR count). The lowest BCUT2D eigenvalue weighted by Crippen LogP contribution is -2.12. The number of nitrogens with two attached hydrogens (primary N) is 1. The molecule has 2 aromatic rings. The molecule has 3 nitrogen and oxygen atoms in total. The summed E-state index contributed by atoms with van der Waals surface area (Å²) in [6.45, 7) is 1.76. The summed E-state index contributed by atoms with van der Waals surface area (Å²) in [6, 6.07) is 12.3. The molecule has 1 aliphatic heterocycles. The monoisotopic (exact) mass is 270 g/mol. The van der Waals surface area contributed by atoms with Crippen LogP contribution in [0.1, 0.15) is 35.6 Å². The number of amides is 1. The second kappa shape index (κ2) is 4.72. The Hall–Kier alpha value is -2.20. The molecule has 2 unspecified atom stereocenters. The smallest absolute Gasteiger partial charge is 0.231 e. The summed E-state index contributed by atoms with van der Waals surface area (Å²) >= 11 is 0. The van der Waals surface area contributed by atoms with Gasteiger partial charge in [0.1, 0.15) is 5.82 Å². The number of halogens is 1. The van der Waals surface area contributed by atoms with Crippen molar-refractivity contribution in [2.24, 2.45) is 5.73 Å². The highest BCUT2D eigenvalue weighted by Crippen LogP contribution is 2.36. The fourth-order valence-corrected chi connectivity index (χ4v) is 2.53. The summed E-state index contributed by atoms with van der Waals surface area (Å²) < 4.78 is 14.1. The van der Waals surface area contributed by atoms with Crippen LogP contribution in [0.3, 0.4) is 0 Å². The highest BCUT2D eigenvalue weighted by atomic mass is 19.1. The summed E-state index contributed by atoms with van der Waals surface area (Å²) in [5, 5.41) is 2.57. The molecule has 3 N–H and O–H groups in total. The summed E-state index contributed by atoms with van der Waals surface area (Å²) in [5.41, 5.74) is 8.74. The number of rotatable bonds is 2. The average Bonchev–Trinajstić information content (AvgIpc) is 2.76. The van der Waals surface area contributed by atoms with Crippen molar-refractivity contribution >= 4 is 11.6 Å². The van der Waals surface area contributed by atoms with Gasteiger partial charge >= 0.3 is 0 Å². The van der Waals surface area contributed by atoms with Gasteiger partial charge in [0.15, 0.2) is 0 Å². The number of fused-ring (bicyclic) bond motifs is 1. The zero-order valence-electron chi connectivity index (χ0n) is 11.1. The number of benzene rings is 2.